The molecule has 1 saturated carbocycles. The number of carbonyl (C=O) groups is 2. The Morgan fingerprint density at radius 2 is 1.68 bits per heavy atom. The van der Waals surface area contributed by atoms with Crippen LogP contribution in [-0.2, 0) is 4.79 Å². The lowest BCUT2D eigenvalue weighted by atomic mass is 9.95. The molecule has 0 aromatic heterocycles. The largest absolute Gasteiger partial charge is 0.368 e. The lowest BCUT2D eigenvalue weighted by Gasteiger charge is -2.26. The molecule has 2 aromatic rings. The minimum Gasteiger partial charge on any atom is -0.368 e. The second kappa shape index (κ2) is 5.40. The maximum atomic E-state index is 14.2. The van der Waals surface area contributed by atoms with Crippen molar-refractivity contribution in [3.8, 4) is 0 Å². The SMILES string of the molecule is NC(=O)C1(NC(=O)c2cc3ccccc3cc2F)CCCC1. The van der Waals surface area contributed by atoms with E-state index >= 15 is 0 Å². The molecule has 3 N–H and O–H groups in total. The first-order valence-electron chi connectivity index (χ1n) is 7.33. The van der Waals surface area contributed by atoms with E-state index < -0.39 is 23.2 Å². The molecule has 0 heterocycles. The van der Waals surface area contributed by atoms with Crippen LogP contribution in [0, 0.1) is 5.82 Å². The van der Waals surface area contributed by atoms with Crippen LogP contribution in [0.5, 0.6) is 0 Å². The van der Waals surface area contributed by atoms with Crippen molar-refractivity contribution in [3.63, 3.8) is 0 Å². The molecule has 3 rings (SSSR count). The third-order valence-electron chi connectivity index (χ3n) is 4.36. The number of nitrogens with two attached hydrogens (primary N) is 1. The summed E-state index contributed by atoms with van der Waals surface area (Å²) >= 11 is 0. The summed E-state index contributed by atoms with van der Waals surface area (Å²) in [5.74, 6) is -1.75. The Bertz CT molecular complexity index is 751. The topological polar surface area (TPSA) is 72.2 Å². The number of rotatable bonds is 3. The number of benzene rings is 2. The summed E-state index contributed by atoms with van der Waals surface area (Å²) < 4.78 is 14.2. The Morgan fingerprint density at radius 1 is 1.09 bits per heavy atom. The van der Waals surface area contributed by atoms with Gasteiger partial charge in [0, 0.05) is 0 Å². The van der Waals surface area contributed by atoms with Crippen LogP contribution in [-0.4, -0.2) is 17.4 Å². The van der Waals surface area contributed by atoms with Crippen LogP contribution >= 0.6 is 0 Å². The number of halogens is 1. The van der Waals surface area contributed by atoms with Gasteiger partial charge in [-0.25, -0.2) is 4.39 Å². The molecule has 0 bridgehead atoms. The van der Waals surface area contributed by atoms with Gasteiger partial charge in [-0.2, -0.15) is 0 Å². The van der Waals surface area contributed by atoms with E-state index in [0.717, 1.165) is 23.6 Å². The number of fused-ring (bicyclic) bond motifs is 1. The van der Waals surface area contributed by atoms with Gasteiger partial charge in [-0.1, -0.05) is 37.1 Å². The Labute approximate surface area is 127 Å². The normalized spacial score (nSPS) is 16.6. The molecule has 22 heavy (non-hydrogen) atoms. The van der Waals surface area contributed by atoms with Crippen LogP contribution in [0.15, 0.2) is 36.4 Å². The first-order valence-corrected chi connectivity index (χ1v) is 7.33. The highest BCUT2D eigenvalue weighted by Crippen LogP contribution is 2.30. The van der Waals surface area contributed by atoms with E-state index in [4.69, 9.17) is 5.73 Å². The lowest BCUT2D eigenvalue weighted by molar-refractivity contribution is -0.123. The zero-order valence-electron chi connectivity index (χ0n) is 12.1. The average Bonchev–Trinajstić information content (AvgIpc) is 2.96. The van der Waals surface area contributed by atoms with E-state index in [9.17, 15) is 14.0 Å². The number of nitrogens with one attached hydrogen (secondary N) is 1. The molecule has 0 unspecified atom stereocenters. The van der Waals surface area contributed by atoms with Gasteiger partial charge in [0.2, 0.25) is 5.91 Å². The second-order valence-electron chi connectivity index (χ2n) is 5.79. The molecule has 0 radical (unpaired) electrons. The van der Waals surface area contributed by atoms with E-state index in [0.29, 0.717) is 12.8 Å². The molecule has 2 amide bonds. The molecule has 5 heteroatoms. The van der Waals surface area contributed by atoms with Crippen molar-refractivity contribution in [3.05, 3.63) is 47.8 Å². The summed E-state index contributed by atoms with van der Waals surface area (Å²) in [4.78, 5) is 24.1. The van der Waals surface area contributed by atoms with Gasteiger partial charge in [-0.15, -0.1) is 0 Å². The van der Waals surface area contributed by atoms with E-state index in [1.165, 1.54) is 12.1 Å². The van der Waals surface area contributed by atoms with Crippen LogP contribution in [0.3, 0.4) is 0 Å². The zero-order valence-corrected chi connectivity index (χ0v) is 12.1. The van der Waals surface area contributed by atoms with Crippen LogP contribution in [0.1, 0.15) is 36.0 Å². The molecule has 4 nitrogen and oxygen atoms in total. The Balaban J connectivity index is 1.95. The fraction of sp³-hybridized carbons (Fsp3) is 0.294. The summed E-state index contributed by atoms with van der Waals surface area (Å²) in [5, 5.41) is 4.16. The van der Waals surface area contributed by atoms with Crippen molar-refractivity contribution in [2.24, 2.45) is 5.73 Å². The van der Waals surface area contributed by atoms with Crippen molar-refractivity contribution >= 4 is 22.6 Å². The Kier molecular flexibility index (Phi) is 3.56. The van der Waals surface area contributed by atoms with Gasteiger partial charge in [0.25, 0.3) is 5.91 Å². The van der Waals surface area contributed by atoms with Gasteiger partial charge < -0.3 is 11.1 Å². The zero-order chi connectivity index (χ0) is 15.7. The predicted molar refractivity (Wildman–Crippen MR) is 81.8 cm³/mol. The maximum absolute atomic E-state index is 14.2. The molecule has 114 valence electrons. The Hall–Kier alpha value is -2.43. The van der Waals surface area contributed by atoms with Crippen molar-refractivity contribution in [1.29, 1.82) is 0 Å². The lowest BCUT2D eigenvalue weighted by Crippen LogP contribution is -2.55. The maximum Gasteiger partial charge on any atom is 0.255 e. The van der Waals surface area contributed by atoms with Gasteiger partial charge in [-0.3, -0.25) is 9.59 Å². The number of hydrogen-bond donors (Lipinski definition) is 2. The summed E-state index contributed by atoms with van der Waals surface area (Å²) in [6.45, 7) is 0. The molecule has 1 fully saturated rings. The number of primary amides is 1. The minimum atomic E-state index is -1.05. The van der Waals surface area contributed by atoms with Crippen molar-refractivity contribution in [1.82, 2.24) is 5.32 Å². The molecule has 0 atom stereocenters. The number of carbonyl (C=O) groups excluding carboxylic acids is 2. The molecule has 2 aromatic carbocycles. The van der Waals surface area contributed by atoms with Crippen molar-refractivity contribution < 1.29 is 14.0 Å². The fourth-order valence-corrected chi connectivity index (χ4v) is 3.08. The van der Waals surface area contributed by atoms with Gasteiger partial charge in [0.05, 0.1) is 5.56 Å². The molecule has 0 spiro atoms. The van der Waals surface area contributed by atoms with Crippen LogP contribution < -0.4 is 11.1 Å². The van der Waals surface area contributed by atoms with E-state index in [1.54, 1.807) is 6.07 Å². The van der Waals surface area contributed by atoms with Gasteiger partial charge in [0.1, 0.15) is 11.4 Å². The van der Waals surface area contributed by atoms with Crippen molar-refractivity contribution in [2.45, 2.75) is 31.2 Å². The summed E-state index contributed by atoms with van der Waals surface area (Å²) in [7, 11) is 0. The van der Waals surface area contributed by atoms with Crippen LogP contribution in [0.2, 0.25) is 0 Å². The van der Waals surface area contributed by atoms with E-state index in [2.05, 4.69) is 5.32 Å². The number of hydrogen-bond acceptors (Lipinski definition) is 2. The first kappa shape index (κ1) is 14.5. The summed E-state index contributed by atoms with van der Waals surface area (Å²) in [5.41, 5.74) is 4.33. The first-order chi connectivity index (χ1) is 10.5. The fourth-order valence-electron chi connectivity index (χ4n) is 3.08. The Morgan fingerprint density at radius 3 is 2.27 bits per heavy atom. The highest BCUT2D eigenvalue weighted by molar-refractivity contribution is 6.02. The van der Waals surface area contributed by atoms with Gasteiger partial charge in [0.15, 0.2) is 0 Å². The molecule has 0 saturated heterocycles. The monoisotopic (exact) mass is 300 g/mol. The molecular formula is C17H17FN2O2. The summed E-state index contributed by atoms with van der Waals surface area (Å²) in [6, 6.07) is 10.1. The molecule has 0 aliphatic heterocycles. The number of amides is 2. The molecular weight excluding hydrogens is 283 g/mol. The van der Waals surface area contributed by atoms with E-state index in [-0.39, 0.29) is 5.56 Å². The van der Waals surface area contributed by atoms with Crippen molar-refractivity contribution in [2.75, 3.05) is 0 Å². The van der Waals surface area contributed by atoms with Gasteiger partial charge >= 0.3 is 0 Å². The predicted octanol–water partition coefficient (Wildman–Crippen LogP) is 2.51. The quantitative estimate of drug-likeness (QED) is 0.914. The summed E-state index contributed by atoms with van der Waals surface area (Å²) in [6.07, 6.45) is 2.65. The van der Waals surface area contributed by atoms with Gasteiger partial charge in [-0.05, 0) is 35.7 Å². The van der Waals surface area contributed by atoms with Crippen LogP contribution in [0.25, 0.3) is 10.8 Å². The second-order valence-corrected chi connectivity index (χ2v) is 5.79. The molecule has 1 aliphatic carbocycles. The molecule has 1 aliphatic rings. The highest BCUT2D eigenvalue weighted by atomic mass is 19.1. The standard InChI is InChI=1S/C17H17FN2O2/c18-14-10-12-6-2-1-5-11(12)9-13(14)15(21)20-17(16(19)22)7-3-4-8-17/h1-2,5-6,9-10H,3-4,7-8H2,(H2,19,22)(H,20,21). The third kappa shape index (κ3) is 2.43. The highest BCUT2D eigenvalue weighted by Gasteiger charge is 2.41. The average molecular weight is 300 g/mol. The third-order valence-corrected chi connectivity index (χ3v) is 4.36. The van der Waals surface area contributed by atoms with E-state index in [1.807, 2.05) is 18.2 Å². The minimum absolute atomic E-state index is 0.0637. The van der Waals surface area contributed by atoms with Crippen LogP contribution in [0.4, 0.5) is 4.39 Å². The smallest absolute Gasteiger partial charge is 0.255 e.